The van der Waals surface area contributed by atoms with Gasteiger partial charge in [-0.1, -0.05) is 39.8 Å². The summed E-state index contributed by atoms with van der Waals surface area (Å²) in [6.07, 6.45) is 0. The molecule has 0 spiro atoms. The summed E-state index contributed by atoms with van der Waals surface area (Å²) < 4.78 is 0. The Morgan fingerprint density at radius 1 is 1.29 bits per heavy atom. The van der Waals surface area contributed by atoms with Crippen molar-refractivity contribution in [1.29, 1.82) is 0 Å². The largest absolute Gasteiger partial charge is 0.313 e. The Kier molecular flexibility index (Phi) is 5.85. The van der Waals surface area contributed by atoms with Gasteiger partial charge in [-0.3, -0.25) is 0 Å². The van der Waals surface area contributed by atoms with Crippen LogP contribution in [0.2, 0.25) is 0 Å². The van der Waals surface area contributed by atoms with Crippen molar-refractivity contribution in [2.75, 3.05) is 6.54 Å². The van der Waals surface area contributed by atoms with E-state index in [0.717, 1.165) is 18.8 Å². The van der Waals surface area contributed by atoms with Gasteiger partial charge in [-0.05, 0) is 24.2 Å². The second kappa shape index (κ2) is 7.43. The monoisotopic (exact) mass is 320 g/mol. The molecule has 0 atom stereocenters. The SMILES string of the molecule is CCNCc1cccc(SCc2nc(C(C)(C)C)cs2)c1. The molecule has 0 aliphatic rings. The van der Waals surface area contributed by atoms with E-state index in [-0.39, 0.29) is 5.41 Å². The molecular weight excluding hydrogens is 296 g/mol. The third-order valence-corrected chi connectivity index (χ3v) is 5.20. The minimum absolute atomic E-state index is 0.144. The van der Waals surface area contributed by atoms with Gasteiger partial charge in [0.05, 0.1) is 11.4 Å². The topological polar surface area (TPSA) is 24.9 Å². The van der Waals surface area contributed by atoms with Gasteiger partial charge in [-0.15, -0.1) is 23.1 Å². The van der Waals surface area contributed by atoms with E-state index < -0.39 is 0 Å². The van der Waals surface area contributed by atoms with E-state index in [9.17, 15) is 0 Å². The van der Waals surface area contributed by atoms with Crippen LogP contribution in [0.3, 0.4) is 0 Å². The Hall–Kier alpha value is -0.840. The van der Waals surface area contributed by atoms with Crippen molar-refractivity contribution in [3.8, 4) is 0 Å². The normalized spacial score (nSPS) is 11.8. The first-order valence-electron chi connectivity index (χ1n) is 7.36. The fourth-order valence-corrected chi connectivity index (χ4v) is 3.90. The molecule has 0 radical (unpaired) electrons. The summed E-state index contributed by atoms with van der Waals surface area (Å²) in [5.41, 5.74) is 2.69. The highest BCUT2D eigenvalue weighted by atomic mass is 32.2. The average Bonchev–Trinajstić information content (AvgIpc) is 2.92. The summed E-state index contributed by atoms with van der Waals surface area (Å²) in [6, 6.07) is 8.76. The number of nitrogens with zero attached hydrogens (tertiary/aromatic N) is 1. The zero-order chi connectivity index (χ0) is 15.3. The number of thioether (sulfide) groups is 1. The molecule has 1 heterocycles. The Morgan fingerprint density at radius 2 is 2.10 bits per heavy atom. The molecule has 0 unspecified atom stereocenters. The lowest BCUT2D eigenvalue weighted by Crippen LogP contribution is -2.11. The molecule has 1 aromatic carbocycles. The first-order valence-corrected chi connectivity index (χ1v) is 9.23. The second-order valence-corrected chi connectivity index (χ2v) is 8.08. The van der Waals surface area contributed by atoms with Crippen molar-refractivity contribution in [2.24, 2.45) is 0 Å². The summed E-state index contributed by atoms with van der Waals surface area (Å²) in [6.45, 7) is 10.7. The van der Waals surface area contributed by atoms with Crippen LogP contribution in [0.25, 0.3) is 0 Å². The molecule has 1 aromatic heterocycles. The van der Waals surface area contributed by atoms with E-state index in [1.807, 2.05) is 11.8 Å². The van der Waals surface area contributed by atoms with Crippen molar-refractivity contribution in [2.45, 2.75) is 50.3 Å². The number of hydrogen-bond acceptors (Lipinski definition) is 4. The van der Waals surface area contributed by atoms with Crippen molar-refractivity contribution >= 4 is 23.1 Å². The first-order chi connectivity index (χ1) is 9.99. The predicted octanol–water partition coefficient (Wildman–Crippen LogP) is 4.84. The molecule has 0 saturated heterocycles. The third-order valence-electron chi connectivity index (χ3n) is 3.16. The molecule has 0 fully saturated rings. The predicted molar refractivity (Wildman–Crippen MR) is 94.2 cm³/mol. The summed E-state index contributed by atoms with van der Waals surface area (Å²) in [5, 5.41) is 6.77. The second-order valence-electron chi connectivity index (χ2n) is 6.09. The Labute approximate surface area is 136 Å². The summed E-state index contributed by atoms with van der Waals surface area (Å²) in [7, 11) is 0. The van der Waals surface area contributed by atoms with E-state index in [2.05, 4.69) is 62.7 Å². The van der Waals surface area contributed by atoms with Gasteiger partial charge in [0.15, 0.2) is 0 Å². The Balaban J connectivity index is 1.95. The molecule has 2 rings (SSSR count). The van der Waals surface area contributed by atoms with Crippen LogP contribution in [-0.4, -0.2) is 11.5 Å². The summed E-state index contributed by atoms with van der Waals surface area (Å²) in [5.74, 6) is 0.950. The first kappa shape index (κ1) is 16.5. The third kappa shape index (κ3) is 5.13. The van der Waals surface area contributed by atoms with Crippen LogP contribution in [0.15, 0.2) is 34.5 Å². The van der Waals surface area contributed by atoms with Crippen molar-refractivity contribution in [3.63, 3.8) is 0 Å². The van der Waals surface area contributed by atoms with Gasteiger partial charge in [0.25, 0.3) is 0 Å². The lowest BCUT2D eigenvalue weighted by atomic mass is 9.93. The van der Waals surface area contributed by atoms with Crippen LogP contribution in [0.4, 0.5) is 0 Å². The minimum atomic E-state index is 0.144. The summed E-state index contributed by atoms with van der Waals surface area (Å²) in [4.78, 5) is 6.07. The molecule has 4 heteroatoms. The number of hydrogen-bond donors (Lipinski definition) is 1. The van der Waals surface area contributed by atoms with Gasteiger partial charge < -0.3 is 5.32 Å². The van der Waals surface area contributed by atoms with Gasteiger partial charge in [-0.2, -0.15) is 0 Å². The molecule has 1 N–H and O–H groups in total. The van der Waals surface area contributed by atoms with E-state index in [4.69, 9.17) is 4.98 Å². The van der Waals surface area contributed by atoms with E-state index in [1.165, 1.54) is 21.2 Å². The van der Waals surface area contributed by atoms with Gasteiger partial charge >= 0.3 is 0 Å². The lowest BCUT2D eigenvalue weighted by molar-refractivity contribution is 0.572. The average molecular weight is 321 g/mol. The highest BCUT2D eigenvalue weighted by Gasteiger charge is 2.17. The van der Waals surface area contributed by atoms with Crippen LogP contribution in [0.1, 0.15) is 44.0 Å². The smallest absolute Gasteiger partial charge is 0.103 e. The molecule has 0 bridgehead atoms. The molecule has 0 saturated carbocycles. The Bertz CT molecular complexity index is 570. The van der Waals surface area contributed by atoms with Gasteiger partial charge in [0.2, 0.25) is 0 Å². The maximum Gasteiger partial charge on any atom is 0.103 e. The zero-order valence-electron chi connectivity index (χ0n) is 13.3. The highest BCUT2D eigenvalue weighted by Crippen LogP contribution is 2.28. The molecule has 2 aromatic rings. The number of rotatable bonds is 6. The number of aromatic nitrogens is 1. The molecule has 2 nitrogen and oxygen atoms in total. The van der Waals surface area contributed by atoms with E-state index in [0.29, 0.717) is 0 Å². The molecule has 21 heavy (non-hydrogen) atoms. The molecule has 0 aliphatic carbocycles. The minimum Gasteiger partial charge on any atom is -0.313 e. The molecule has 0 aliphatic heterocycles. The fourth-order valence-electron chi connectivity index (χ4n) is 1.88. The number of thiazole rings is 1. The van der Waals surface area contributed by atoms with Crippen molar-refractivity contribution in [1.82, 2.24) is 10.3 Å². The zero-order valence-corrected chi connectivity index (χ0v) is 14.9. The Morgan fingerprint density at radius 3 is 2.76 bits per heavy atom. The van der Waals surface area contributed by atoms with E-state index >= 15 is 0 Å². The van der Waals surface area contributed by atoms with Crippen molar-refractivity contribution < 1.29 is 0 Å². The standard InChI is InChI=1S/C17H24N2S2/c1-5-18-10-13-7-6-8-14(9-13)20-12-16-19-15(11-21-16)17(2,3)4/h6-9,11,18H,5,10,12H2,1-4H3. The van der Waals surface area contributed by atoms with Gasteiger partial charge in [-0.25, -0.2) is 4.98 Å². The quantitative estimate of drug-likeness (QED) is 0.771. The number of nitrogens with one attached hydrogen (secondary N) is 1. The van der Waals surface area contributed by atoms with Crippen LogP contribution >= 0.6 is 23.1 Å². The maximum atomic E-state index is 4.75. The molecule has 114 valence electrons. The fraction of sp³-hybridized carbons (Fsp3) is 0.471. The molecule has 0 amide bonds. The van der Waals surface area contributed by atoms with Crippen LogP contribution in [0, 0.1) is 0 Å². The lowest BCUT2D eigenvalue weighted by Gasteiger charge is -2.14. The number of benzene rings is 1. The summed E-state index contributed by atoms with van der Waals surface area (Å²) >= 11 is 3.63. The maximum absolute atomic E-state index is 4.75. The van der Waals surface area contributed by atoms with Gasteiger partial charge in [0, 0.05) is 22.2 Å². The highest BCUT2D eigenvalue weighted by molar-refractivity contribution is 7.98. The van der Waals surface area contributed by atoms with Crippen molar-refractivity contribution in [3.05, 3.63) is 45.9 Å². The van der Waals surface area contributed by atoms with Gasteiger partial charge in [0.1, 0.15) is 5.01 Å². The van der Waals surface area contributed by atoms with Crippen LogP contribution in [0.5, 0.6) is 0 Å². The van der Waals surface area contributed by atoms with Crippen LogP contribution < -0.4 is 5.32 Å². The molecular formula is C17H24N2S2. The van der Waals surface area contributed by atoms with Crippen LogP contribution in [-0.2, 0) is 17.7 Å². The van der Waals surface area contributed by atoms with E-state index in [1.54, 1.807) is 11.3 Å².